The first kappa shape index (κ1) is 60.2. The van der Waals surface area contributed by atoms with Crippen molar-refractivity contribution in [3.8, 4) is 0 Å². The van der Waals surface area contributed by atoms with Crippen LogP contribution in [0.4, 0.5) is 0 Å². The van der Waals surface area contributed by atoms with Crippen molar-refractivity contribution >= 4 is 39.8 Å². The van der Waals surface area contributed by atoms with Crippen molar-refractivity contribution < 1.29 is 28.5 Å². The third-order valence-corrected chi connectivity index (χ3v) is 26.6. The van der Waals surface area contributed by atoms with E-state index in [4.69, 9.17) is 41.5 Å². The predicted molar refractivity (Wildman–Crippen MR) is 299 cm³/mol. The van der Waals surface area contributed by atoms with Gasteiger partial charge in [-0.25, -0.2) is 0 Å². The van der Waals surface area contributed by atoms with Crippen molar-refractivity contribution in [3.63, 3.8) is 0 Å². The lowest BCUT2D eigenvalue weighted by Crippen LogP contribution is -2.44. The van der Waals surface area contributed by atoms with E-state index in [9.17, 15) is 10.2 Å². The second-order valence-corrected chi connectivity index (χ2v) is 35.2. The van der Waals surface area contributed by atoms with E-state index in [-0.39, 0.29) is 40.2 Å². The zero-order valence-corrected chi connectivity index (χ0v) is 49.8. The predicted octanol–water partition coefficient (Wildman–Crippen LogP) is 16.7. The van der Waals surface area contributed by atoms with E-state index in [0.29, 0.717) is 24.4 Å². The van der Waals surface area contributed by atoms with Crippen LogP contribution in [0.5, 0.6) is 0 Å². The van der Waals surface area contributed by atoms with Crippen LogP contribution in [0.2, 0.25) is 46.3 Å². The van der Waals surface area contributed by atoms with Crippen LogP contribution in [-0.2, 0) is 31.2 Å². The van der Waals surface area contributed by atoms with Gasteiger partial charge in [-0.3, -0.25) is 0 Å². The lowest BCUT2D eigenvalue weighted by atomic mass is 9.83. The molecule has 69 heavy (non-hydrogen) atoms. The number of fused-ring (bicyclic) bond motifs is 1. The topological polar surface area (TPSA) is 77.4 Å². The number of rotatable bonds is 22. The Labute approximate surface area is 434 Å². The Morgan fingerprint density at radius 3 is 1.49 bits per heavy atom. The molecule has 392 valence electrons. The standard InChI is InChI=1S/C31H51ClO3Si.C28H47ClO3Si/c1-11-12-13-14-24(35-36(9,10)30(4,5)6)16-17-25-26(20-23-19-21(2)15-18-27(23)32)22(3)28-29(25)34-31(7,8)33-28;1-9-10-11-12-22(32-33(7,8)28(4,5)6)14-15-23-24(20(3)26(30)27(23)31)18-21-17-19(2)13-16-25(21)29/h15,18-19,24-26,28-29H,3,11-14,16-17,20H2,1-2,4-10H3;13,16-17,22-24,26-27,30-31H,3,9-12,14-15,18H2,1-2,4-8H3/t24-,25+,26-,28+,29-;22-,23+,24-,26+,27-/m00/s1. The second kappa shape index (κ2) is 25.3. The zero-order chi connectivity index (χ0) is 51.9. The van der Waals surface area contributed by atoms with Crippen LogP contribution in [0.25, 0.3) is 0 Å². The number of benzene rings is 2. The molecule has 6 nitrogen and oxygen atoms in total. The fourth-order valence-electron chi connectivity index (χ4n) is 10.5. The number of halogens is 2. The molecule has 0 spiro atoms. The number of aryl methyl sites for hydroxylation is 2. The Morgan fingerprint density at radius 2 is 1.07 bits per heavy atom. The molecule has 0 aromatic heterocycles. The van der Waals surface area contributed by atoms with Gasteiger partial charge in [-0.05, 0) is 173 Å². The van der Waals surface area contributed by atoms with Gasteiger partial charge in [0.15, 0.2) is 22.4 Å². The summed E-state index contributed by atoms with van der Waals surface area (Å²) >= 11 is 13.1. The first-order chi connectivity index (χ1) is 31.9. The molecular formula is C59H98Cl2O6Si2. The van der Waals surface area contributed by atoms with Crippen LogP contribution in [-0.4, -0.2) is 69.3 Å². The van der Waals surface area contributed by atoms with E-state index in [1.54, 1.807) is 0 Å². The third kappa shape index (κ3) is 16.3. The van der Waals surface area contributed by atoms with Crippen LogP contribution < -0.4 is 0 Å². The molecule has 0 bridgehead atoms. The van der Waals surface area contributed by atoms with Crippen molar-refractivity contribution in [2.75, 3.05) is 0 Å². The third-order valence-electron chi connectivity index (χ3n) is 16.8. The molecule has 2 aromatic rings. The first-order valence-electron chi connectivity index (χ1n) is 26.9. The Kier molecular flexibility index (Phi) is 22.1. The van der Waals surface area contributed by atoms with Gasteiger partial charge in [0.05, 0.1) is 12.2 Å². The van der Waals surface area contributed by atoms with E-state index in [1.165, 1.54) is 55.2 Å². The number of hydrogen-bond donors (Lipinski definition) is 2. The number of unbranched alkanes of at least 4 members (excludes halogenated alkanes) is 4. The minimum absolute atomic E-state index is 0.0125. The molecule has 0 radical (unpaired) electrons. The normalized spacial score (nSPS) is 26.0. The highest BCUT2D eigenvalue weighted by Gasteiger charge is 2.55. The fraction of sp³-hybridized carbons (Fsp3) is 0.729. The summed E-state index contributed by atoms with van der Waals surface area (Å²) in [5.74, 6) is 0.0389. The summed E-state index contributed by atoms with van der Waals surface area (Å²) in [5, 5.41) is 23.5. The average molecular weight is 1030 g/mol. The Bertz CT molecular complexity index is 1970. The minimum atomic E-state index is -1.89. The number of aliphatic hydroxyl groups is 2. The lowest BCUT2D eigenvalue weighted by Gasteiger charge is -2.40. The monoisotopic (exact) mass is 1030 g/mol. The Hall–Kier alpha value is -1.31. The molecule has 0 unspecified atom stereocenters. The van der Waals surface area contributed by atoms with Crippen molar-refractivity contribution in [2.24, 2.45) is 23.7 Å². The zero-order valence-electron chi connectivity index (χ0n) is 46.3. The maximum atomic E-state index is 10.9. The highest BCUT2D eigenvalue weighted by Crippen LogP contribution is 2.51. The van der Waals surface area contributed by atoms with Gasteiger partial charge in [0.1, 0.15) is 12.2 Å². The summed E-state index contributed by atoms with van der Waals surface area (Å²) < 4.78 is 26.7. The van der Waals surface area contributed by atoms with E-state index in [1.807, 2.05) is 32.0 Å². The van der Waals surface area contributed by atoms with Crippen LogP contribution in [0.1, 0.15) is 169 Å². The summed E-state index contributed by atoms with van der Waals surface area (Å²) in [6, 6.07) is 12.4. The van der Waals surface area contributed by atoms with Crippen LogP contribution in [0.15, 0.2) is 60.7 Å². The molecule has 2 N–H and O–H groups in total. The van der Waals surface area contributed by atoms with Crippen LogP contribution in [0.3, 0.4) is 0 Å². The smallest absolute Gasteiger partial charge is 0.192 e. The molecule has 2 aromatic carbocycles. The molecule has 1 aliphatic heterocycles. The molecule has 10 heteroatoms. The average Bonchev–Trinajstić information content (AvgIpc) is 3.76. The first-order valence-corrected chi connectivity index (χ1v) is 33.5. The van der Waals surface area contributed by atoms with Crippen LogP contribution >= 0.6 is 23.2 Å². The highest BCUT2D eigenvalue weighted by atomic mass is 35.5. The van der Waals surface area contributed by atoms with Gasteiger partial charge in [0.2, 0.25) is 0 Å². The van der Waals surface area contributed by atoms with Gasteiger partial charge in [-0.1, -0.05) is 166 Å². The maximum Gasteiger partial charge on any atom is 0.192 e. The quantitative estimate of drug-likeness (QED) is 0.0695. The van der Waals surface area contributed by atoms with E-state index in [0.717, 1.165) is 71.7 Å². The van der Waals surface area contributed by atoms with Crippen molar-refractivity contribution in [1.82, 2.24) is 0 Å². The molecule has 10 atom stereocenters. The number of aliphatic hydroxyl groups excluding tert-OH is 2. The molecule has 3 fully saturated rings. The fourth-order valence-corrected chi connectivity index (χ4v) is 13.7. The number of hydrogen-bond acceptors (Lipinski definition) is 6. The van der Waals surface area contributed by atoms with Gasteiger partial charge in [0.25, 0.3) is 0 Å². The molecule has 5 rings (SSSR count). The van der Waals surface area contributed by atoms with Gasteiger partial charge < -0.3 is 28.5 Å². The lowest BCUT2D eigenvalue weighted by molar-refractivity contribution is -0.155. The summed E-state index contributed by atoms with van der Waals surface area (Å²) in [4.78, 5) is 0. The summed E-state index contributed by atoms with van der Waals surface area (Å²) in [5.41, 5.74) is 6.56. The highest BCUT2D eigenvalue weighted by molar-refractivity contribution is 6.74. The van der Waals surface area contributed by atoms with Gasteiger partial charge in [0, 0.05) is 22.3 Å². The molecule has 1 saturated heterocycles. The molecule has 1 heterocycles. The van der Waals surface area contributed by atoms with E-state index in [2.05, 4.69) is 127 Å². The molecule has 3 aliphatic rings. The molecule has 0 amide bonds. The van der Waals surface area contributed by atoms with Crippen molar-refractivity contribution in [2.45, 2.75) is 252 Å². The van der Waals surface area contributed by atoms with Gasteiger partial charge in [-0.2, -0.15) is 0 Å². The molecular weight excluding hydrogens is 932 g/mol. The van der Waals surface area contributed by atoms with E-state index < -0.39 is 34.6 Å². The maximum absolute atomic E-state index is 10.9. The molecule has 2 saturated carbocycles. The molecule has 2 aliphatic carbocycles. The van der Waals surface area contributed by atoms with Crippen LogP contribution in [0, 0.1) is 37.5 Å². The summed E-state index contributed by atoms with van der Waals surface area (Å²) in [6.45, 7) is 44.7. The SMILES string of the molecule is C=C1[C@@H](O)[C@@H](O)[C@H](CC[C@H](CCCCC)O[Si](C)(C)C(C)(C)C)[C@H]1Cc1cc(C)ccc1Cl.C=C1[C@H]2OC(C)(C)O[C@H]2[C@H](CC[C@H](CCCCC)O[Si](C)(C)C(C)(C)C)[C@H]1Cc1cc(C)ccc1Cl. The van der Waals surface area contributed by atoms with Gasteiger partial charge >= 0.3 is 0 Å². The van der Waals surface area contributed by atoms with Gasteiger partial charge in [-0.15, -0.1) is 0 Å². The largest absolute Gasteiger partial charge is 0.414 e. The summed E-state index contributed by atoms with van der Waals surface area (Å²) in [6.07, 6.45) is 13.7. The summed E-state index contributed by atoms with van der Waals surface area (Å²) in [7, 11) is -3.74. The van der Waals surface area contributed by atoms with Crippen molar-refractivity contribution in [3.05, 3.63) is 93.0 Å². The Balaban J connectivity index is 0.000000302. The number of ether oxygens (including phenoxy) is 2. The second-order valence-electron chi connectivity index (χ2n) is 24.9. The van der Waals surface area contributed by atoms with E-state index >= 15 is 0 Å². The Morgan fingerprint density at radius 1 is 0.652 bits per heavy atom. The minimum Gasteiger partial charge on any atom is -0.414 e. The van der Waals surface area contributed by atoms with Crippen molar-refractivity contribution in [1.29, 1.82) is 0 Å².